The molecule has 0 spiro atoms. The van der Waals surface area contributed by atoms with Crippen LogP contribution in [0.25, 0.3) is 0 Å². The summed E-state index contributed by atoms with van der Waals surface area (Å²) in [4.78, 5) is 5.82. The van der Waals surface area contributed by atoms with E-state index in [1.165, 1.54) is 22.7 Å². The Morgan fingerprint density at radius 1 is 1.50 bits per heavy atom. The Labute approximate surface area is 102 Å². The third kappa shape index (κ3) is 2.83. The average molecular weight is 238 g/mol. The molecule has 1 N–H and O–H groups in total. The normalized spacial score (nSPS) is 24.8. The summed E-state index contributed by atoms with van der Waals surface area (Å²) >= 11 is 1.84. The quantitative estimate of drug-likeness (QED) is 0.852. The third-order valence-corrected chi connectivity index (χ3v) is 4.75. The maximum Gasteiger partial charge on any atom is 0.107 e. The van der Waals surface area contributed by atoms with Crippen molar-refractivity contribution in [1.29, 1.82) is 0 Å². The van der Waals surface area contributed by atoms with Crippen LogP contribution in [0.2, 0.25) is 0 Å². The Morgan fingerprint density at radius 3 is 2.81 bits per heavy atom. The van der Waals surface area contributed by atoms with Crippen LogP contribution in [0.3, 0.4) is 0 Å². The van der Waals surface area contributed by atoms with Crippen molar-refractivity contribution in [2.45, 2.75) is 52.6 Å². The lowest BCUT2D eigenvalue weighted by Gasteiger charge is -2.38. The molecule has 1 aromatic rings. The van der Waals surface area contributed by atoms with E-state index in [1.54, 1.807) is 0 Å². The van der Waals surface area contributed by atoms with E-state index in [9.17, 15) is 0 Å². The highest BCUT2D eigenvalue weighted by Gasteiger charge is 2.30. The van der Waals surface area contributed by atoms with E-state index < -0.39 is 0 Å². The number of nitrogens with one attached hydrogen (secondary N) is 1. The first kappa shape index (κ1) is 12.1. The molecule has 0 radical (unpaired) electrons. The molecule has 1 aliphatic carbocycles. The van der Waals surface area contributed by atoms with Crippen LogP contribution in [-0.4, -0.2) is 11.0 Å². The Morgan fingerprint density at radius 2 is 2.25 bits per heavy atom. The highest BCUT2D eigenvalue weighted by molar-refractivity contribution is 7.11. The van der Waals surface area contributed by atoms with Gasteiger partial charge in [-0.1, -0.05) is 20.8 Å². The molecular formula is C13H22N2S. The van der Waals surface area contributed by atoms with Crippen LogP contribution in [0.15, 0.2) is 6.20 Å². The van der Waals surface area contributed by atoms with Crippen molar-refractivity contribution in [3.05, 3.63) is 16.1 Å². The van der Waals surface area contributed by atoms with Gasteiger partial charge >= 0.3 is 0 Å². The van der Waals surface area contributed by atoms with Gasteiger partial charge in [-0.3, -0.25) is 0 Å². The van der Waals surface area contributed by atoms with Crippen molar-refractivity contribution in [2.75, 3.05) is 0 Å². The monoisotopic (exact) mass is 238 g/mol. The number of thiazole rings is 1. The van der Waals surface area contributed by atoms with E-state index in [2.05, 4.69) is 31.1 Å². The van der Waals surface area contributed by atoms with Crippen LogP contribution in [0.1, 0.15) is 43.5 Å². The number of hydrogen-bond acceptors (Lipinski definition) is 3. The number of hydrogen-bond donors (Lipinski definition) is 1. The fourth-order valence-electron chi connectivity index (χ4n) is 2.20. The molecule has 90 valence electrons. The van der Waals surface area contributed by atoms with Gasteiger partial charge in [-0.15, -0.1) is 11.3 Å². The van der Waals surface area contributed by atoms with Crippen LogP contribution in [0.5, 0.6) is 0 Å². The van der Waals surface area contributed by atoms with E-state index in [-0.39, 0.29) is 0 Å². The molecule has 0 atom stereocenters. The van der Waals surface area contributed by atoms with Gasteiger partial charge in [-0.05, 0) is 31.1 Å². The van der Waals surface area contributed by atoms with Gasteiger partial charge in [-0.2, -0.15) is 0 Å². The van der Waals surface area contributed by atoms with Crippen LogP contribution in [-0.2, 0) is 13.0 Å². The largest absolute Gasteiger partial charge is 0.308 e. The first-order valence-electron chi connectivity index (χ1n) is 6.36. The second-order valence-corrected chi connectivity index (χ2v) is 6.33. The van der Waals surface area contributed by atoms with Crippen LogP contribution in [0, 0.1) is 11.8 Å². The zero-order chi connectivity index (χ0) is 11.5. The predicted molar refractivity (Wildman–Crippen MR) is 69.7 cm³/mol. The number of aromatic nitrogens is 1. The minimum atomic E-state index is 0.737. The molecular weight excluding hydrogens is 216 g/mol. The molecule has 1 saturated carbocycles. The van der Waals surface area contributed by atoms with Gasteiger partial charge in [0.15, 0.2) is 0 Å². The fraction of sp³-hybridized carbons (Fsp3) is 0.769. The van der Waals surface area contributed by atoms with Gasteiger partial charge in [0.1, 0.15) is 5.01 Å². The smallest absolute Gasteiger partial charge is 0.107 e. The standard InChI is InChI=1S/C13H22N2S/c1-4-12-7-15-13(16-12)8-14-11-5-10(6-11)9(2)3/h7,9-11,14H,4-6,8H2,1-3H3. The summed E-state index contributed by atoms with van der Waals surface area (Å²) in [7, 11) is 0. The predicted octanol–water partition coefficient (Wildman–Crippen LogP) is 3.23. The molecule has 0 bridgehead atoms. The first-order chi connectivity index (χ1) is 7.69. The lowest BCUT2D eigenvalue weighted by atomic mass is 9.74. The summed E-state index contributed by atoms with van der Waals surface area (Å²) in [6.07, 6.45) is 5.82. The van der Waals surface area contributed by atoms with E-state index >= 15 is 0 Å². The summed E-state index contributed by atoms with van der Waals surface area (Å²) in [6.45, 7) is 7.80. The molecule has 0 amide bonds. The fourth-order valence-corrected chi connectivity index (χ4v) is 3.01. The van der Waals surface area contributed by atoms with E-state index in [4.69, 9.17) is 0 Å². The van der Waals surface area contributed by atoms with Gasteiger partial charge in [-0.25, -0.2) is 4.98 Å². The van der Waals surface area contributed by atoms with Crippen molar-refractivity contribution in [1.82, 2.24) is 10.3 Å². The van der Waals surface area contributed by atoms with Crippen molar-refractivity contribution >= 4 is 11.3 Å². The minimum Gasteiger partial charge on any atom is -0.308 e. The summed E-state index contributed by atoms with van der Waals surface area (Å²) in [5.41, 5.74) is 0. The summed E-state index contributed by atoms with van der Waals surface area (Å²) in [5.74, 6) is 1.80. The Kier molecular flexibility index (Phi) is 3.98. The van der Waals surface area contributed by atoms with Crippen molar-refractivity contribution in [3.63, 3.8) is 0 Å². The molecule has 1 aliphatic rings. The summed E-state index contributed by atoms with van der Waals surface area (Å²) < 4.78 is 0. The SMILES string of the molecule is CCc1cnc(CNC2CC(C(C)C)C2)s1. The van der Waals surface area contributed by atoms with E-state index in [1.807, 2.05) is 17.5 Å². The Balaban J connectivity index is 1.69. The van der Waals surface area contributed by atoms with Gasteiger partial charge in [0.2, 0.25) is 0 Å². The molecule has 1 fully saturated rings. The maximum atomic E-state index is 4.43. The minimum absolute atomic E-state index is 0.737. The zero-order valence-corrected chi connectivity index (χ0v) is 11.3. The number of nitrogens with zero attached hydrogens (tertiary/aromatic N) is 1. The van der Waals surface area contributed by atoms with Gasteiger partial charge < -0.3 is 5.32 Å². The lowest BCUT2D eigenvalue weighted by Crippen LogP contribution is -2.42. The summed E-state index contributed by atoms with van der Waals surface area (Å²) in [5, 5.41) is 4.85. The maximum absolute atomic E-state index is 4.43. The van der Waals surface area contributed by atoms with Crippen LogP contribution >= 0.6 is 11.3 Å². The molecule has 1 heterocycles. The highest BCUT2D eigenvalue weighted by Crippen LogP contribution is 2.33. The summed E-state index contributed by atoms with van der Waals surface area (Å²) in [6, 6.07) is 0.737. The molecule has 2 nitrogen and oxygen atoms in total. The van der Waals surface area contributed by atoms with Gasteiger partial charge in [0.05, 0.1) is 0 Å². The number of rotatable bonds is 5. The molecule has 0 aromatic carbocycles. The zero-order valence-electron chi connectivity index (χ0n) is 10.5. The third-order valence-electron chi connectivity index (χ3n) is 3.61. The molecule has 2 rings (SSSR count). The van der Waals surface area contributed by atoms with Crippen molar-refractivity contribution < 1.29 is 0 Å². The van der Waals surface area contributed by atoms with E-state index in [0.29, 0.717) is 0 Å². The Bertz CT molecular complexity index is 326. The second-order valence-electron chi connectivity index (χ2n) is 5.13. The van der Waals surface area contributed by atoms with Crippen LogP contribution in [0.4, 0.5) is 0 Å². The van der Waals surface area contributed by atoms with Crippen LogP contribution < -0.4 is 5.32 Å². The topological polar surface area (TPSA) is 24.9 Å². The molecule has 3 heteroatoms. The second kappa shape index (κ2) is 5.28. The van der Waals surface area contributed by atoms with E-state index in [0.717, 1.165) is 30.8 Å². The number of aryl methyl sites for hydroxylation is 1. The molecule has 0 aliphatic heterocycles. The Hall–Kier alpha value is -0.410. The average Bonchev–Trinajstić information content (AvgIpc) is 2.62. The van der Waals surface area contributed by atoms with Crippen molar-refractivity contribution in [2.24, 2.45) is 11.8 Å². The molecule has 16 heavy (non-hydrogen) atoms. The first-order valence-corrected chi connectivity index (χ1v) is 7.17. The van der Waals surface area contributed by atoms with Crippen molar-refractivity contribution in [3.8, 4) is 0 Å². The molecule has 1 aromatic heterocycles. The van der Waals surface area contributed by atoms with Gasteiger partial charge in [0, 0.05) is 23.7 Å². The molecule has 0 saturated heterocycles. The van der Waals surface area contributed by atoms with Gasteiger partial charge in [0.25, 0.3) is 0 Å². The molecule has 0 unspecified atom stereocenters. The lowest BCUT2D eigenvalue weighted by molar-refractivity contribution is 0.167. The highest BCUT2D eigenvalue weighted by atomic mass is 32.1.